The summed E-state index contributed by atoms with van der Waals surface area (Å²) in [6.45, 7) is 2.13. The second-order valence-corrected chi connectivity index (χ2v) is 9.36. The summed E-state index contributed by atoms with van der Waals surface area (Å²) < 4.78 is 17.6. The molecule has 0 aromatic heterocycles. The largest absolute Gasteiger partial charge is 0.496 e. The highest BCUT2D eigenvalue weighted by molar-refractivity contribution is 9.10. The molecule has 2 aromatic carbocycles. The summed E-state index contributed by atoms with van der Waals surface area (Å²) in [4.78, 5) is 18.3. The molecule has 0 spiro atoms. The Morgan fingerprint density at radius 3 is 2.48 bits per heavy atom. The van der Waals surface area contributed by atoms with Gasteiger partial charge in [-0.05, 0) is 24.6 Å². The number of nitrogens with zero attached hydrogens (tertiary/aromatic N) is 3. The number of carbonyl (C=O) groups excluding carboxylic acids is 1. The van der Waals surface area contributed by atoms with Gasteiger partial charge in [-0.3, -0.25) is 15.1 Å². The fourth-order valence-electron chi connectivity index (χ4n) is 3.70. The van der Waals surface area contributed by atoms with Crippen LogP contribution in [0.4, 0.5) is 0 Å². The summed E-state index contributed by atoms with van der Waals surface area (Å²) in [7, 11) is 4.74. The SMILES string of the molecule is CCCCSC1=NN2C(=c3cc(Br)ccc3=N[C@H]2c2c(OC)cc(OC)cc2OC)C(=O)N1. The Hall–Kier alpha value is -2.72. The maximum atomic E-state index is 13.3. The molecule has 10 heteroatoms. The highest BCUT2D eigenvalue weighted by Crippen LogP contribution is 2.43. The number of hydrazone groups is 1. The van der Waals surface area contributed by atoms with Crippen molar-refractivity contribution in [2.24, 2.45) is 10.1 Å². The van der Waals surface area contributed by atoms with E-state index in [1.807, 2.05) is 18.2 Å². The fourth-order valence-corrected chi connectivity index (χ4v) is 5.00. The van der Waals surface area contributed by atoms with Crippen molar-refractivity contribution in [1.82, 2.24) is 10.3 Å². The number of ether oxygens (including phenoxy) is 3. The molecule has 0 radical (unpaired) electrons. The van der Waals surface area contributed by atoms with Crippen molar-refractivity contribution in [3.8, 4) is 17.2 Å². The van der Waals surface area contributed by atoms with Gasteiger partial charge in [0.2, 0.25) is 0 Å². The van der Waals surface area contributed by atoms with Gasteiger partial charge in [-0.25, -0.2) is 5.01 Å². The molecule has 33 heavy (non-hydrogen) atoms. The standard InChI is InChI=1S/C23H25BrN4O4S/c1-5-6-9-33-23-26-22(29)20-15-10-13(24)7-8-16(15)25-21(28(20)27-23)19-17(31-3)11-14(30-2)12-18(19)32-4/h7-8,10-12,21H,5-6,9H2,1-4H3,(H,26,27,29)/t21-/m1/s1. The van der Waals surface area contributed by atoms with Crippen LogP contribution < -0.4 is 30.1 Å². The third-order valence-corrected chi connectivity index (χ3v) is 6.76. The molecule has 4 rings (SSSR count). The number of benzene rings is 2. The first-order valence-electron chi connectivity index (χ1n) is 10.5. The maximum absolute atomic E-state index is 13.3. The summed E-state index contributed by atoms with van der Waals surface area (Å²) in [5.41, 5.74) is 1.08. The Morgan fingerprint density at radius 1 is 1.12 bits per heavy atom. The predicted molar refractivity (Wildman–Crippen MR) is 132 cm³/mol. The molecule has 0 saturated heterocycles. The van der Waals surface area contributed by atoms with E-state index < -0.39 is 6.17 Å². The number of nitrogens with one attached hydrogen (secondary N) is 1. The second-order valence-electron chi connectivity index (χ2n) is 7.36. The van der Waals surface area contributed by atoms with Crippen molar-refractivity contribution in [2.75, 3.05) is 27.1 Å². The lowest BCUT2D eigenvalue weighted by Gasteiger charge is -2.35. The summed E-state index contributed by atoms with van der Waals surface area (Å²) in [5.74, 6) is 2.28. The Kier molecular flexibility index (Phi) is 7.14. The average molecular weight is 533 g/mol. The monoisotopic (exact) mass is 532 g/mol. The van der Waals surface area contributed by atoms with Gasteiger partial charge < -0.3 is 14.2 Å². The molecule has 0 bridgehead atoms. The van der Waals surface area contributed by atoms with Crippen LogP contribution in [-0.4, -0.2) is 43.2 Å². The molecule has 0 unspecified atom stereocenters. The molecular weight excluding hydrogens is 508 g/mol. The van der Waals surface area contributed by atoms with Crippen LogP contribution in [0.25, 0.3) is 5.70 Å². The lowest BCUT2D eigenvalue weighted by molar-refractivity contribution is -0.116. The molecule has 8 nitrogen and oxygen atoms in total. The van der Waals surface area contributed by atoms with Crippen LogP contribution in [0, 0.1) is 0 Å². The van der Waals surface area contributed by atoms with Gasteiger partial charge in [-0.15, -0.1) is 5.10 Å². The van der Waals surface area contributed by atoms with E-state index >= 15 is 0 Å². The Morgan fingerprint density at radius 2 is 1.85 bits per heavy atom. The minimum absolute atomic E-state index is 0.227. The number of hydrogen-bond acceptors (Lipinski definition) is 8. The van der Waals surface area contributed by atoms with Crippen LogP contribution in [0.5, 0.6) is 17.2 Å². The number of unbranched alkanes of at least 4 members (excludes halogenated alkanes) is 1. The topological polar surface area (TPSA) is 84.8 Å². The summed E-state index contributed by atoms with van der Waals surface area (Å²) >= 11 is 5.02. The van der Waals surface area contributed by atoms with E-state index in [1.165, 1.54) is 11.8 Å². The summed E-state index contributed by atoms with van der Waals surface area (Å²) in [6, 6.07) is 9.20. The molecule has 1 N–H and O–H groups in total. The lowest BCUT2D eigenvalue weighted by atomic mass is 10.1. The van der Waals surface area contributed by atoms with Crippen molar-refractivity contribution in [1.29, 1.82) is 0 Å². The second kappa shape index (κ2) is 10.0. The molecule has 174 valence electrons. The quantitative estimate of drug-likeness (QED) is 0.551. The van der Waals surface area contributed by atoms with E-state index in [-0.39, 0.29) is 5.91 Å². The van der Waals surface area contributed by atoms with Gasteiger partial charge in [-0.1, -0.05) is 41.0 Å². The first-order chi connectivity index (χ1) is 16.0. The van der Waals surface area contributed by atoms with Crippen molar-refractivity contribution in [3.63, 3.8) is 0 Å². The van der Waals surface area contributed by atoms with Gasteiger partial charge >= 0.3 is 0 Å². The van der Waals surface area contributed by atoms with Crippen LogP contribution in [-0.2, 0) is 4.79 Å². The van der Waals surface area contributed by atoms with E-state index in [2.05, 4.69) is 28.2 Å². The lowest BCUT2D eigenvalue weighted by Crippen LogP contribution is -2.50. The van der Waals surface area contributed by atoms with Crippen molar-refractivity contribution in [3.05, 3.63) is 50.9 Å². The zero-order valence-corrected chi connectivity index (χ0v) is 21.2. The molecule has 0 saturated carbocycles. The highest BCUT2D eigenvalue weighted by atomic mass is 79.9. The van der Waals surface area contributed by atoms with Gasteiger partial charge in [0, 0.05) is 27.6 Å². The number of fused-ring (bicyclic) bond motifs is 2. The van der Waals surface area contributed by atoms with Crippen molar-refractivity contribution in [2.45, 2.75) is 25.9 Å². The number of halogens is 1. The van der Waals surface area contributed by atoms with E-state index in [9.17, 15) is 4.79 Å². The smallest absolute Gasteiger partial charge is 0.276 e. The van der Waals surface area contributed by atoms with Gasteiger partial charge in [-0.2, -0.15) is 0 Å². The third-order valence-electron chi connectivity index (χ3n) is 5.32. The molecule has 1 amide bonds. The Bertz CT molecular complexity index is 1210. The number of amides is 1. The van der Waals surface area contributed by atoms with Gasteiger partial charge in [0.1, 0.15) is 22.9 Å². The van der Waals surface area contributed by atoms with Gasteiger partial charge in [0.15, 0.2) is 11.3 Å². The normalized spacial score (nSPS) is 16.8. The van der Waals surface area contributed by atoms with Crippen molar-refractivity contribution >= 4 is 44.5 Å². The molecule has 2 aliphatic heterocycles. The van der Waals surface area contributed by atoms with E-state index in [1.54, 1.807) is 38.5 Å². The van der Waals surface area contributed by atoms with Crippen LogP contribution >= 0.6 is 27.7 Å². The maximum Gasteiger partial charge on any atom is 0.276 e. The minimum atomic E-state index is -0.669. The molecule has 0 aliphatic carbocycles. The number of methoxy groups -OCH3 is 3. The zero-order valence-electron chi connectivity index (χ0n) is 18.8. The molecular formula is C23H25BrN4O4S. The summed E-state index contributed by atoms with van der Waals surface area (Å²) in [6.07, 6.45) is 1.42. The average Bonchev–Trinajstić information content (AvgIpc) is 2.82. The zero-order chi connectivity index (χ0) is 23.5. The predicted octanol–water partition coefficient (Wildman–Crippen LogP) is 3.15. The van der Waals surface area contributed by atoms with Gasteiger partial charge in [0.05, 0.1) is 32.3 Å². The Labute approximate surface area is 204 Å². The highest BCUT2D eigenvalue weighted by Gasteiger charge is 2.37. The van der Waals surface area contributed by atoms with E-state index in [4.69, 9.17) is 24.3 Å². The fraction of sp³-hybridized carbons (Fsp3) is 0.348. The third kappa shape index (κ3) is 4.54. The number of carbonyl (C=O) groups is 1. The number of amidine groups is 1. The first-order valence-corrected chi connectivity index (χ1v) is 12.3. The number of thioether (sulfide) groups is 1. The molecule has 2 aliphatic rings. The number of hydrogen-bond donors (Lipinski definition) is 1. The van der Waals surface area contributed by atoms with Crippen LogP contribution in [0.3, 0.4) is 0 Å². The molecule has 1 atom stereocenters. The first kappa shape index (κ1) is 23.4. The Balaban J connectivity index is 1.95. The van der Waals surface area contributed by atoms with E-state index in [0.29, 0.717) is 44.3 Å². The minimum Gasteiger partial charge on any atom is -0.496 e. The van der Waals surface area contributed by atoms with Crippen molar-refractivity contribution < 1.29 is 19.0 Å². The summed E-state index contributed by atoms with van der Waals surface area (Å²) in [5, 5.41) is 11.3. The van der Waals surface area contributed by atoms with Crippen LogP contribution in [0.15, 0.2) is 44.9 Å². The molecule has 0 fully saturated rings. The van der Waals surface area contributed by atoms with Gasteiger partial charge in [0.25, 0.3) is 5.91 Å². The molecule has 2 heterocycles. The number of rotatable bonds is 7. The van der Waals surface area contributed by atoms with Crippen LogP contribution in [0.2, 0.25) is 0 Å². The van der Waals surface area contributed by atoms with Crippen LogP contribution in [0.1, 0.15) is 31.5 Å². The molecule has 2 aromatic rings. The van der Waals surface area contributed by atoms with E-state index in [0.717, 1.165) is 23.1 Å².